The molecule has 0 heterocycles. The molecule has 7 nitrogen and oxygen atoms in total. The van der Waals surface area contributed by atoms with Crippen LogP contribution in [0.1, 0.15) is 20.3 Å². The molecule has 0 saturated carbocycles. The Kier molecular flexibility index (Phi) is 5.91. The highest BCUT2D eigenvalue weighted by Crippen LogP contribution is 1.93. The second kappa shape index (κ2) is 6.65. The molecule has 92 valence electrons. The van der Waals surface area contributed by atoms with Crippen LogP contribution in [0, 0.1) is 5.92 Å². The summed E-state index contributed by atoms with van der Waals surface area (Å²) in [6.07, 6.45) is -0.648. The number of rotatable bonds is 6. The van der Waals surface area contributed by atoms with Crippen molar-refractivity contribution in [1.82, 2.24) is 10.6 Å². The van der Waals surface area contributed by atoms with Crippen molar-refractivity contribution in [2.75, 3.05) is 6.54 Å². The molecule has 0 rings (SSSR count). The number of urea groups is 1. The van der Waals surface area contributed by atoms with Crippen molar-refractivity contribution in [3.63, 3.8) is 0 Å². The van der Waals surface area contributed by atoms with Crippen molar-refractivity contribution in [3.05, 3.63) is 0 Å². The third-order valence-corrected chi connectivity index (χ3v) is 1.65. The molecule has 0 radical (unpaired) electrons. The molecular formula is C9H16N2O5. The fourth-order valence-corrected chi connectivity index (χ4v) is 0.881. The molecule has 0 aromatic carbocycles. The lowest BCUT2D eigenvalue weighted by Gasteiger charge is -2.14. The van der Waals surface area contributed by atoms with Crippen LogP contribution in [-0.2, 0) is 9.59 Å². The number of carboxylic acids is 2. The van der Waals surface area contributed by atoms with Gasteiger partial charge in [0, 0.05) is 6.54 Å². The van der Waals surface area contributed by atoms with Gasteiger partial charge in [-0.25, -0.2) is 9.59 Å². The van der Waals surface area contributed by atoms with E-state index in [9.17, 15) is 14.4 Å². The van der Waals surface area contributed by atoms with E-state index < -0.39 is 30.4 Å². The fraction of sp³-hybridized carbons (Fsp3) is 0.667. The summed E-state index contributed by atoms with van der Waals surface area (Å²) in [6.45, 7) is 4.16. The third kappa shape index (κ3) is 6.63. The minimum Gasteiger partial charge on any atom is -0.481 e. The maximum Gasteiger partial charge on any atom is 0.326 e. The van der Waals surface area contributed by atoms with Crippen LogP contribution in [0.3, 0.4) is 0 Å². The Labute approximate surface area is 92.8 Å². The van der Waals surface area contributed by atoms with Crippen molar-refractivity contribution >= 4 is 18.0 Å². The van der Waals surface area contributed by atoms with E-state index in [4.69, 9.17) is 10.2 Å². The van der Waals surface area contributed by atoms with Crippen LogP contribution < -0.4 is 10.6 Å². The van der Waals surface area contributed by atoms with Crippen molar-refractivity contribution in [1.29, 1.82) is 0 Å². The maximum absolute atomic E-state index is 11.2. The van der Waals surface area contributed by atoms with E-state index >= 15 is 0 Å². The topological polar surface area (TPSA) is 116 Å². The third-order valence-electron chi connectivity index (χ3n) is 1.65. The van der Waals surface area contributed by atoms with E-state index in [2.05, 4.69) is 10.6 Å². The number of carbonyl (C=O) groups is 3. The first-order valence-electron chi connectivity index (χ1n) is 4.82. The van der Waals surface area contributed by atoms with Gasteiger partial charge in [-0.2, -0.15) is 0 Å². The van der Waals surface area contributed by atoms with Gasteiger partial charge in [0.2, 0.25) is 0 Å². The van der Waals surface area contributed by atoms with Crippen LogP contribution in [0.25, 0.3) is 0 Å². The van der Waals surface area contributed by atoms with Gasteiger partial charge in [-0.3, -0.25) is 4.79 Å². The van der Waals surface area contributed by atoms with E-state index in [1.807, 2.05) is 13.8 Å². The Hall–Kier alpha value is -1.79. The van der Waals surface area contributed by atoms with Gasteiger partial charge in [-0.05, 0) is 5.92 Å². The highest BCUT2D eigenvalue weighted by Gasteiger charge is 2.22. The summed E-state index contributed by atoms with van der Waals surface area (Å²) < 4.78 is 0. The maximum atomic E-state index is 11.2. The molecular weight excluding hydrogens is 216 g/mol. The summed E-state index contributed by atoms with van der Waals surface area (Å²) in [5.41, 5.74) is 0. The first-order valence-corrected chi connectivity index (χ1v) is 4.82. The normalized spacial score (nSPS) is 11.9. The van der Waals surface area contributed by atoms with Crippen LogP contribution in [0.5, 0.6) is 0 Å². The van der Waals surface area contributed by atoms with Gasteiger partial charge >= 0.3 is 18.0 Å². The average molecular weight is 232 g/mol. The van der Waals surface area contributed by atoms with Gasteiger partial charge in [-0.15, -0.1) is 0 Å². The summed E-state index contributed by atoms with van der Waals surface area (Å²) in [5.74, 6) is -2.42. The molecule has 2 amide bonds. The number of amides is 2. The largest absolute Gasteiger partial charge is 0.481 e. The van der Waals surface area contributed by atoms with E-state index in [1.54, 1.807) is 0 Å². The molecule has 0 aliphatic heterocycles. The molecule has 1 atom stereocenters. The van der Waals surface area contributed by atoms with Gasteiger partial charge in [-0.1, -0.05) is 13.8 Å². The van der Waals surface area contributed by atoms with Crippen molar-refractivity contribution < 1.29 is 24.6 Å². The lowest BCUT2D eigenvalue weighted by atomic mass is 10.2. The summed E-state index contributed by atoms with van der Waals surface area (Å²) >= 11 is 0. The lowest BCUT2D eigenvalue weighted by Crippen LogP contribution is -2.47. The number of aliphatic carboxylic acids is 2. The molecule has 4 N–H and O–H groups in total. The van der Waals surface area contributed by atoms with E-state index in [0.717, 1.165) is 0 Å². The van der Waals surface area contributed by atoms with E-state index in [0.29, 0.717) is 6.54 Å². The van der Waals surface area contributed by atoms with Crippen molar-refractivity contribution in [3.8, 4) is 0 Å². The molecule has 16 heavy (non-hydrogen) atoms. The molecule has 0 fully saturated rings. The van der Waals surface area contributed by atoms with Gasteiger partial charge in [0.05, 0.1) is 6.42 Å². The first kappa shape index (κ1) is 14.2. The molecule has 0 aliphatic carbocycles. The Morgan fingerprint density at radius 3 is 2.12 bits per heavy atom. The van der Waals surface area contributed by atoms with E-state index in [1.165, 1.54) is 0 Å². The molecule has 0 aromatic heterocycles. The molecule has 0 bridgehead atoms. The van der Waals surface area contributed by atoms with Crippen LogP contribution >= 0.6 is 0 Å². The van der Waals surface area contributed by atoms with Crippen molar-refractivity contribution in [2.45, 2.75) is 26.3 Å². The molecule has 0 unspecified atom stereocenters. The summed E-state index contributed by atoms with van der Waals surface area (Å²) in [6, 6.07) is -2.09. The standard InChI is InChI=1S/C9H16N2O5/c1-5(2)4-10-9(16)11-6(8(14)15)3-7(12)13/h5-6H,3-4H2,1-2H3,(H,12,13)(H,14,15)(H2,10,11,16)/t6-/m1/s1. The molecule has 0 aliphatic rings. The molecule has 0 saturated heterocycles. The Bertz CT molecular complexity index is 277. The number of carbonyl (C=O) groups excluding carboxylic acids is 1. The Morgan fingerprint density at radius 2 is 1.75 bits per heavy atom. The molecule has 7 heteroatoms. The number of nitrogens with one attached hydrogen (secondary N) is 2. The highest BCUT2D eigenvalue weighted by atomic mass is 16.4. The number of hydrogen-bond acceptors (Lipinski definition) is 3. The number of carboxylic acid groups (broad SMARTS) is 2. The predicted molar refractivity (Wildman–Crippen MR) is 55.0 cm³/mol. The smallest absolute Gasteiger partial charge is 0.326 e. The lowest BCUT2D eigenvalue weighted by molar-refractivity contribution is -0.145. The minimum absolute atomic E-state index is 0.230. The van der Waals surface area contributed by atoms with E-state index in [-0.39, 0.29) is 5.92 Å². The van der Waals surface area contributed by atoms with Crippen molar-refractivity contribution in [2.24, 2.45) is 5.92 Å². The SMILES string of the molecule is CC(C)CNC(=O)N[C@H](CC(=O)O)C(=O)O. The first-order chi connectivity index (χ1) is 7.32. The van der Waals surface area contributed by atoms with Crippen LogP contribution in [-0.4, -0.2) is 40.8 Å². The second-order valence-corrected chi connectivity index (χ2v) is 3.74. The summed E-state index contributed by atoms with van der Waals surface area (Å²) in [7, 11) is 0. The zero-order chi connectivity index (χ0) is 12.7. The van der Waals surface area contributed by atoms with Crippen LogP contribution in [0.4, 0.5) is 4.79 Å². The summed E-state index contributed by atoms with van der Waals surface area (Å²) in [5, 5.41) is 21.6. The van der Waals surface area contributed by atoms with Gasteiger partial charge in [0.25, 0.3) is 0 Å². The monoisotopic (exact) mass is 232 g/mol. The quantitative estimate of drug-likeness (QED) is 0.509. The number of hydrogen-bond donors (Lipinski definition) is 4. The predicted octanol–water partition coefficient (Wildman–Crippen LogP) is -0.130. The average Bonchev–Trinajstić information content (AvgIpc) is 2.12. The van der Waals surface area contributed by atoms with Gasteiger partial charge < -0.3 is 20.8 Å². The zero-order valence-electron chi connectivity index (χ0n) is 9.19. The minimum atomic E-state index is -1.41. The summed E-state index contributed by atoms with van der Waals surface area (Å²) in [4.78, 5) is 32.1. The molecule has 0 spiro atoms. The highest BCUT2D eigenvalue weighted by molar-refractivity contribution is 5.86. The van der Waals surface area contributed by atoms with Crippen LogP contribution in [0.2, 0.25) is 0 Å². The Morgan fingerprint density at radius 1 is 1.19 bits per heavy atom. The fourth-order valence-electron chi connectivity index (χ4n) is 0.881. The van der Waals surface area contributed by atoms with Crippen LogP contribution in [0.15, 0.2) is 0 Å². The van der Waals surface area contributed by atoms with Gasteiger partial charge in [0.1, 0.15) is 6.04 Å². The second-order valence-electron chi connectivity index (χ2n) is 3.74. The zero-order valence-corrected chi connectivity index (χ0v) is 9.19. The Balaban J connectivity index is 4.13. The molecule has 0 aromatic rings. The van der Waals surface area contributed by atoms with Gasteiger partial charge in [0.15, 0.2) is 0 Å².